The smallest absolute Gasteiger partial charge is 0.306 e. The van der Waals surface area contributed by atoms with Gasteiger partial charge in [-0.2, -0.15) is 0 Å². The van der Waals surface area contributed by atoms with E-state index >= 15 is 0 Å². The largest absolute Gasteiger partial charge is 0.550 e. The van der Waals surface area contributed by atoms with E-state index in [0.717, 1.165) is 25.7 Å². The highest BCUT2D eigenvalue weighted by Crippen LogP contribution is 2.35. The van der Waals surface area contributed by atoms with Gasteiger partial charge in [-0.15, -0.1) is 0 Å². The Hall–Kier alpha value is -1.06. The van der Waals surface area contributed by atoms with Crippen molar-refractivity contribution in [1.29, 1.82) is 0 Å². The highest BCUT2D eigenvalue weighted by molar-refractivity contribution is 5.81. The zero-order chi connectivity index (χ0) is 10.8. The molecule has 84 valence electrons. The molecule has 1 saturated carbocycles. The summed E-state index contributed by atoms with van der Waals surface area (Å²) in [5, 5.41) is 10.9. The number of ether oxygens (including phenoxy) is 1. The van der Waals surface area contributed by atoms with Crippen LogP contribution in [0.25, 0.3) is 0 Å². The predicted octanol–water partition coefficient (Wildman–Crippen LogP) is 0.248. The van der Waals surface area contributed by atoms with Crippen LogP contribution in [0.3, 0.4) is 0 Å². The summed E-state index contributed by atoms with van der Waals surface area (Å²) in [6, 6.07) is 0. The molecule has 4 nitrogen and oxygen atoms in total. The van der Waals surface area contributed by atoms with Gasteiger partial charge in [0.15, 0.2) is 0 Å². The Labute approximate surface area is 88.6 Å². The Bertz CT molecular complexity index is 268. The number of aliphatic carboxylic acids is 1. The highest BCUT2D eigenvalue weighted by Gasteiger charge is 2.40. The van der Waals surface area contributed by atoms with E-state index in [0.29, 0.717) is 0 Å². The summed E-state index contributed by atoms with van der Waals surface area (Å²) in [6.07, 6.45) is 4.93. The molecule has 0 unspecified atom stereocenters. The first-order valence-corrected chi connectivity index (χ1v) is 5.59. The third-order valence-electron chi connectivity index (χ3n) is 3.47. The zero-order valence-electron chi connectivity index (χ0n) is 8.61. The van der Waals surface area contributed by atoms with E-state index in [-0.39, 0.29) is 18.3 Å². The van der Waals surface area contributed by atoms with Crippen LogP contribution < -0.4 is 5.11 Å². The number of hydrogen-bond donors (Lipinski definition) is 0. The third kappa shape index (κ3) is 2.13. The molecule has 2 atom stereocenters. The van der Waals surface area contributed by atoms with Crippen LogP contribution in [-0.4, -0.2) is 18.0 Å². The summed E-state index contributed by atoms with van der Waals surface area (Å²) < 4.78 is 5.11. The maximum atomic E-state index is 11.1. The lowest BCUT2D eigenvalue weighted by Crippen LogP contribution is -2.40. The van der Waals surface area contributed by atoms with E-state index in [1.807, 2.05) is 0 Å². The van der Waals surface area contributed by atoms with Crippen LogP contribution in [0, 0.1) is 11.8 Å². The number of esters is 1. The number of carboxylic acid groups (broad SMARTS) is 1. The lowest BCUT2D eigenvalue weighted by atomic mass is 9.80. The highest BCUT2D eigenvalue weighted by atomic mass is 16.6. The SMILES string of the molecule is O=C1C[C@@H](C(=O)[O-])[C@@H](C2CCCCC2)O1. The molecule has 2 fully saturated rings. The molecule has 0 aromatic rings. The first-order chi connectivity index (χ1) is 7.18. The fraction of sp³-hybridized carbons (Fsp3) is 0.818. The molecule has 0 N–H and O–H groups in total. The number of carbonyl (C=O) groups is 2. The van der Waals surface area contributed by atoms with Crippen molar-refractivity contribution in [3.05, 3.63) is 0 Å². The zero-order valence-corrected chi connectivity index (χ0v) is 8.61. The minimum absolute atomic E-state index is 0.0104. The van der Waals surface area contributed by atoms with Gasteiger partial charge in [0.05, 0.1) is 6.42 Å². The molecule has 0 aromatic carbocycles. The summed E-state index contributed by atoms with van der Waals surface area (Å²) in [6.45, 7) is 0. The van der Waals surface area contributed by atoms with Crippen molar-refractivity contribution in [2.24, 2.45) is 11.8 Å². The maximum absolute atomic E-state index is 11.1. The third-order valence-corrected chi connectivity index (χ3v) is 3.47. The summed E-state index contributed by atoms with van der Waals surface area (Å²) in [5.41, 5.74) is 0. The van der Waals surface area contributed by atoms with Crippen LogP contribution in [0.4, 0.5) is 0 Å². The molecule has 0 bridgehead atoms. The minimum atomic E-state index is -1.14. The lowest BCUT2D eigenvalue weighted by Gasteiger charge is -2.30. The molecule has 0 spiro atoms. The summed E-state index contributed by atoms with van der Waals surface area (Å²) >= 11 is 0. The summed E-state index contributed by atoms with van der Waals surface area (Å²) in [4.78, 5) is 22.0. The number of carbonyl (C=O) groups excluding carboxylic acids is 2. The van der Waals surface area contributed by atoms with Crippen LogP contribution in [-0.2, 0) is 14.3 Å². The average Bonchev–Trinajstić information content (AvgIpc) is 2.62. The normalized spacial score (nSPS) is 32.7. The number of hydrogen-bond acceptors (Lipinski definition) is 4. The number of cyclic esters (lactones) is 1. The topological polar surface area (TPSA) is 66.4 Å². The van der Waals surface area contributed by atoms with Gasteiger partial charge in [-0.1, -0.05) is 19.3 Å². The molecule has 15 heavy (non-hydrogen) atoms. The van der Waals surface area contributed by atoms with E-state index in [9.17, 15) is 14.7 Å². The van der Waals surface area contributed by atoms with Gasteiger partial charge in [0.1, 0.15) is 6.10 Å². The molecular formula is C11H15O4-. The number of carboxylic acids is 1. The van der Waals surface area contributed by atoms with Gasteiger partial charge in [0.25, 0.3) is 0 Å². The Morgan fingerprint density at radius 1 is 1.27 bits per heavy atom. The van der Waals surface area contributed by atoms with Crippen LogP contribution in [0.2, 0.25) is 0 Å². The van der Waals surface area contributed by atoms with Crippen LogP contribution in [0.15, 0.2) is 0 Å². The maximum Gasteiger partial charge on any atom is 0.306 e. The van der Waals surface area contributed by atoms with Crippen molar-refractivity contribution in [2.45, 2.75) is 44.6 Å². The second-order valence-corrected chi connectivity index (χ2v) is 4.48. The minimum Gasteiger partial charge on any atom is -0.550 e. The molecule has 1 aliphatic heterocycles. The summed E-state index contributed by atoms with van der Waals surface area (Å²) in [5.74, 6) is -2.02. The Morgan fingerprint density at radius 3 is 2.53 bits per heavy atom. The van der Waals surface area contributed by atoms with Gasteiger partial charge < -0.3 is 14.6 Å². The molecule has 0 radical (unpaired) electrons. The first kappa shape index (κ1) is 10.5. The second kappa shape index (κ2) is 4.21. The molecular weight excluding hydrogens is 196 g/mol. The fourth-order valence-electron chi connectivity index (χ4n) is 2.68. The van der Waals surface area contributed by atoms with Gasteiger partial charge >= 0.3 is 5.97 Å². The Kier molecular flexibility index (Phi) is 2.93. The molecule has 0 amide bonds. The summed E-state index contributed by atoms with van der Waals surface area (Å²) in [7, 11) is 0. The van der Waals surface area contributed by atoms with Crippen molar-refractivity contribution in [2.75, 3.05) is 0 Å². The van der Waals surface area contributed by atoms with Crippen molar-refractivity contribution in [1.82, 2.24) is 0 Å². The molecule has 1 saturated heterocycles. The average molecular weight is 211 g/mol. The van der Waals surface area contributed by atoms with E-state index in [1.165, 1.54) is 6.42 Å². The Morgan fingerprint density at radius 2 is 1.93 bits per heavy atom. The molecule has 2 rings (SSSR count). The van der Waals surface area contributed by atoms with Gasteiger partial charge in [-0.3, -0.25) is 4.79 Å². The predicted molar refractivity (Wildman–Crippen MR) is 49.6 cm³/mol. The van der Waals surface area contributed by atoms with E-state index in [1.54, 1.807) is 0 Å². The van der Waals surface area contributed by atoms with Crippen LogP contribution >= 0.6 is 0 Å². The second-order valence-electron chi connectivity index (χ2n) is 4.48. The van der Waals surface area contributed by atoms with Crippen molar-refractivity contribution >= 4 is 11.9 Å². The molecule has 2 aliphatic rings. The first-order valence-electron chi connectivity index (χ1n) is 5.59. The van der Waals surface area contributed by atoms with E-state index < -0.39 is 18.0 Å². The lowest BCUT2D eigenvalue weighted by molar-refractivity contribution is -0.313. The molecule has 4 heteroatoms. The van der Waals surface area contributed by atoms with Crippen LogP contribution in [0.5, 0.6) is 0 Å². The fourth-order valence-corrected chi connectivity index (χ4v) is 2.68. The van der Waals surface area contributed by atoms with Crippen molar-refractivity contribution in [3.8, 4) is 0 Å². The molecule has 0 aromatic heterocycles. The van der Waals surface area contributed by atoms with Gasteiger partial charge in [0, 0.05) is 11.9 Å². The standard InChI is InChI=1S/C11H16O4/c12-9-6-8(11(13)14)10(15-9)7-4-2-1-3-5-7/h7-8,10H,1-6H2,(H,13,14)/p-1/t8-,10-/m1/s1. The molecule has 1 heterocycles. The van der Waals surface area contributed by atoms with Gasteiger partial charge in [-0.05, 0) is 18.8 Å². The van der Waals surface area contributed by atoms with Gasteiger partial charge in [0.2, 0.25) is 0 Å². The van der Waals surface area contributed by atoms with E-state index in [4.69, 9.17) is 4.74 Å². The van der Waals surface area contributed by atoms with Gasteiger partial charge in [-0.25, -0.2) is 0 Å². The monoisotopic (exact) mass is 211 g/mol. The number of rotatable bonds is 2. The quantitative estimate of drug-likeness (QED) is 0.614. The van der Waals surface area contributed by atoms with Crippen molar-refractivity contribution < 1.29 is 19.4 Å². The van der Waals surface area contributed by atoms with Crippen molar-refractivity contribution in [3.63, 3.8) is 0 Å². The molecule has 1 aliphatic carbocycles. The van der Waals surface area contributed by atoms with Crippen LogP contribution in [0.1, 0.15) is 38.5 Å². The van der Waals surface area contributed by atoms with E-state index in [2.05, 4.69) is 0 Å². The Balaban J connectivity index is 2.05.